The molecule has 0 unspecified atom stereocenters. The lowest BCUT2D eigenvalue weighted by molar-refractivity contribution is 0.645. The highest BCUT2D eigenvalue weighted by atomic mass is 28.3. The minimum atomic E-state index is -0.724. The van der Waals surface area contributed by atoms with Crippen LogP contribution in [0.25, 0.3) is 20.9 Å². The van der Waals surface area contributed by atoms with Crippen LogP contribution in [0.4, 0.5) is 0 Å². The van der Waals surface area contributed by atoms with Crippen molar-refractivity contribution in [2.75, 3.05) is 0 Å². The molecule has 0 aromatic carbocycles. The van der Waals surface area contributed by atoms with Gasteiger partial charge in [-0.25, -0.2) is 0 Å². The molecule has 0 heterocycles. The Bertz CT molecular complexity index is 226. The zero-order chi connectivity index (χ0) is 11.4. The second-order valence-corrected chi connectivity index (χ2v) is 8.30. The molecule has 0 saturated carbocycles. The number of azide groups is 2. The maximum Gasteiger partial charge on any atom is 0.124 e. The second kappa shape index (κ2) is 11.1. The van der Waals surface area contributed by atoms with Crippen LogP contribution in [0.1, 0.15) is 39.0 Å². The Labute approximate surface area is 94.5 Å². The first-order valence-electron chi connectivity index (χ1n) is 5.36. The van der Waals surface area contributed by atoms with E-state index >= 15 is 0 Å². The average molecular weight is 242 g/mol. The molecule has 0 spiro atoms. The van der Waals surface area contributed by atoms with E-state index in [1.54, 1.807) is 0 Å². The molecule has 0 amide bonds. The van der Waals surface area contributed by atoms with Gasteiger partial charge in [-0.15, -0.1) is 9.56 Å². The van der Waals surface area contributed by atoms with Gasteiger partial charge < -0.3 is 0 Å². The van der Waals surface area contributed by atoms with Crippen LogP contribution in [0, 0.1) is 0 Å². The zero-order valence-corrected chi connectivity index (χ0v) is 12.0. The highest BCUT2D eigenvalue weighted by Gasteiger charge is 2.07. The number of rotatable bonds is 9. The Hall–Kier alpha value is -0.946. The van der Waals surface area contributed by atoms with Crippen LogP contribution >= 0.6 is 0 Å². The molecule has 0 radical (unpaired) electrons. The molecular weight excluding hydrogens is 224 g/mol. The van der Waals surface area contributed by atoms with Crippen LogP contribution in [-0.2, 0) is 0 Å². The van der Waals surface area contributed by atoms with Crippen molar-refractivity contribution in [2.45, 2.75) is 44.2 Å². The number of unbranched alkanes of at least 4 members (excludes halogenated alkanes) is 3. The van der Waals surface area contributed by atoms with Crippen molar-refractivity contribution < 1.29 is 0 Å². The Morgan fingerprint density at radius 2 is 1.67 bits per heavy atom. The molecule has 0 atom stereocenters. The molecule has 0 saturated heterocycles. The standard InChI is InChI=1S/C7H18N6Si2/c1-2-3-4-5-6-7(14-12-10-8)15-13-11-9/h7H,2-6,14-15H2,1H3. The highest BCUT2D eigenvalue weighted by Crippen LogP contribution is 2.14. The predicted molar refractivity (Wildman–Crippen MR) is 67.9 cm³/mol. The maximum atomic E-state index is 8.26. The maximum absolute atomic E-state index is 8.26. The second-order valence-electron chi connectivity index (χ2n) is 3.54. The average Bonchev–Trinajstić information content (AvgIpc) is 2.27. The Morgan fingerprint density at radius 1 is 1.07 bits per heavy atom. The van der Waals surface area contributed by atoms with E-state index in [-0.39, 0.29) is 0 Å². The monoisotopic (exact) mass is 242 g/mol. The van der Waals surface area contributed by atoms with Crippen LogP contribution < -0.4 is 0 Å². The molecule has 0 aromatic rings. The number of nitrogens with zero attached hydrogens (tertiary/aromatic N) is 6. The third-order valence-corrected chi connectivity index (χ3v) is 6.25. The summed E-state index contributed by atoms with van der Waals surface area (Å²) < 4.78 is 7.39. The zero-order valence-electron chi connectivity index (χ0n) is 9.21. The topological polar surface area (TPSA) is 97.5 Å². The number of hydrogen-bond donors (Lipinski definition) is 0. The van der Waals surface area contributed by atoms with Gasteiger partial charge in [-0.05, 0) is 20.9 Å². The van der Waals surface area contributed by atoms with Gasteiger partial charge in [-0.1, -0.05) is 44.2 Å². The molecule has 0 bridgehead atoms. The summed E-state index contributed by atoms with van der Waals surface area (Å²) in [7, 11) is -1.45. The fourth-order valence-corrected chi connectivity index (χ4v) is 4.11. The molecule has 0 fully saturated rings. The minimum Gasteiger partial charge on any atom is -0.132 e. The van der Waals surface area contributed by atoms with Gasteiger partial charge in [0.25, 0.3) is 0 Å². The van der Waals surface area contributed by atoms with Crippen LogP contribution in [0.2, 0.25) is 5.16 Å². The predicted octanol–water partition coefficient (Wildman–Crippen LogP) is 2.49. The lowest BCUT2D eigenvalue weighted by atomic mass is 10.2. The molecule has 6 nitrogen and oxygen atoms in total. The van der Waals surface area contributed by atoms with E-state index in [1.807, 2.05) is 0 Å². The van der Waals surface area contributed by atoms with E-state index < -0.39 is 19.4 Å². The van der Waals surface area contributed by atoms with Gasteiger partial charge in [0, 0.05) is 0 Å². The molecule has 15 heavy (non-hydrogen) atoms. The lowest BCUT2D eigenvalue weighted by Gasteiger charge is -2.09. The van der Waals surface area contributed by atoms with Crippen molar-refractivity contribution in [1.29, 1.82) is 0 Å². The van der Waals surface area contributed by atoms with Crippen LogP contribution in [-0.4, -0.2) is 19.4 Å². The van der Waals surface area contributed by atoms with Crippen molar-refractivity contribution in [3.63, 3.8) is 0 Å². The summed E-state index contributed by atoms with van der Waals surface area (Å²) in [6.45, 7) is 2.18. The summed E-state index contributed by atoms with van der Waals surface area (Å²) in [5.74, 6) is 0. The van der Waals surface area contributed by atoms with E-state index in [0.717, 1.165) is 6.42 Å². The third kappa shape index (κ3) is 9.36. The van der Waals surface area contributed by atoms with Crippen LogP contribution in [0.3, 0.4) is 0 Å². The van der Waals surface area contributed by atoms with Gasteiger partial charge in [0.2, 0.25) is 0 Å². The largest absolute Gasteiger partial charge is 0.132 e. The fourth-order valence-electron chi connectivity index (χ4n) is 1.40. The van der Waals surface area contributed by atoms with Crippen LogP contribution in [0.5, 0.6) is 0 Å². The SMILES string of the molecule is CCCCCCC([SiH2]N=[N+]=[N-])[SiH2]N=[N+]=[N-]. The van der Waals surface area contributed by atoms with E-state index in [4.69, 9.17) is 11.1 Å². The molecule has 0 aliphatic carbocycles. The Kier molecular flexibility index (Phi) is 10.4. The van der Waals surface area contributed by atoms with E-state index in [1.165, 1.54) is 25.7 Å². The van der Waals surface area contributed by atoms with Gasteiger partial charge in [0.05, 0.1) is 0 Å². The first-order chi connectivity index (χ1) is 7.35. The minimum absolute atomic E-state index is 0.480. The lowest BCUT2D eigenvalue weighted by Crippen LogP contribution is -2.07. The molecular formula is C7H18N6Si2. The first kappa shape index (κ1) is 14.1. The molecule has 0 aromatic heterocycles. The molecule has 0 rings (SSSR count). The van der Waals surface area contributed by atoms with Crippen molar-refractivity contribution in [3.05, 3.63) is 20.9 Å². The molecule has 8 heteroatoms. The molecule has 0 aliphatic rings. The Morgan fingerprint density at radius 3 is 2.13 bits per heavy atom. The highest BCUT2D eigenvalue weighted by molar-refractivity contribution is 6.56. The van der Waals surface area contributed by atoms with Gasteiger partial charge in [-0.2, -0.15) is 0 Å². The van der Waals surface area contributed by atoms with E-state index in [9.17, 15) is 0 Å². The molecule has 0 aliphatic heterocycles. The first-order valence-corrected chi connectivity index (χ1v) is 8.26. The summed E-state index contributed by atoms with van der Waals surface area (Å²) in [4.78, 5) is 5.60. The van der Waals surface area contributed by atoms with Gasteiger partial charge in [-0.3, -0.25) is 0 Å². The summed E-state index contributed by atoms with van der Waals surface area (Å²) in [6.07, 6.45) is 6.00. The van der Waals surface area contributed by atoms with Gasteiger partial charge >= 0.3 is 0 Å². The third-order valence-electron chi connectivity index (χ3n) is 2.27. The Balaban J connectivity index is 3.78. The summed E-state index contributed by atoms with van der Waals surface area (Å²) >= 11 is 0. The molecule has 84 valence electrons. The van der Waals surface area contributed by atoms with Gasteiger partial charge in [0.1, 0.15) is 19.4 Å². The van der Waals surface area contributed by atoms with Crippen molar-refractivity contribution in [1.82, 2.24) is 0 Å². The van der Waals surface area contributed by atoms with E-state index in [0.29, 0.717) is 5.16 Å². The van der Waals surface area contributed by atoms with Crippen molar-refractivity contribution >= 4 is 19.4 Å². The van der Waals surface area contributed by atoms with Gasteiger partial charge in [0.15, 0.2) is 0 Å². The summed E-state index contributed by atoms with van der Waals surface area (Å²) in [6, 6.07) is 0. The van der Waals surface area contributed by atoms with Crippen molar-refractivity contribution in [2.24, 2.45) is 9.56 Å². The normalized spacial score (nSPS) is 12.9. The smallest absolute Gasteiger partial charge is 0.124 e. The summed E-state index contributed by atoms with van der Waals surface area (Å²) in [5, 5.41) is 0.480. The van der Waals surface area contributed by atoms with Crippen LogP contribution in [0.15, 0.2) is 9.56 Å². The molecule has 0 N–H and O–H groups in total. The quantitative estimate of drug-likeness (QED) is 0.195. The number of hydrogen-bond acceptors (Lipinski definition) is 2. The van der Waals surface area contributed by atoms with E-state index in [2.05, 4.69) is 26.3 Å². The summed E-state index contributed by atoms with van der Waals surface area (Å²) in [5.41, 5.74) is 16.5. The fraction of sp³-hybridized carbons (Fsp3) is 1.00. The van der Waals surface area contributed by atoms with Crippen molar-refractivity contribution in [3.8, 4) is 0 Å².